The number of rotatable bonds is 14. The lowest BCUT2D eigenvalue weighted by Gasteiger charge is -2.20. The Balaban J connectivity index is 1.41. The van der Waals surface area contributed by atoms with Crippen molar-refractivity contribution in [3.8, 4) is 0 Å². The van der Waals surface area contributed by atoms with Gasteiger partial charge in [-0.3, -0.25) is 34.8 Å². The van der Waals surface area contributed by atoms with Gasteiger partial charge in [0.15, 0.2) is 0 Å². The lowest BCUT2D eigenvalue weighted by Crippen LogP contribution is -2.30. The van der Waals surface area contributed by atoms with Crippen LogP contribution >= 0.6 is 0 Å². The normalized spacial score (nSPS) is 11.9. The molecular formula is C26H31N7. The van der Waals surface area contributed by atoms with Gasteiger partial charge in [-0.15, -0.1) is 0 Å². The summed E-state index contributed by atoms with van der Waals surface area (Å²) in [5.74, 6) is 0. The van der Waals surface area contributed by atoms with Gasteiger partial charge in [-0.2, -0.15) is 0 Å². The zero-order chi connectivity index (χ0) is 22.8. The van der Waals surface area contributed by atoms with Crippen LogP contribution in [0.3, 0.4) is 0 Å². The fraction of sp³-hybridized carbons (Fsp3) is 0.308. The van der Waals surface area contributed by atoms with Gasteiger partial charge < -0.3 is 0 Å². The standard InChI is InChI=1S/C26H31N7/c1-4-13-30-24(9-1)21-27-12-7-8-18-33(19-16-28-22-25-10-2-5-14-31-25)20-17-29-23-26-11-3-6-15-32-26/h1-6,9-11,13-15,21-23H,7-8,12,16-20H2. The molecule has 3 heterocycles. The summed E-state index contributed by atoms with van der Waals surface area (Å²) in [6.07, 6.45) is 13.0. The molecule has 3 rings (SSSR count). The highest BCUT2D eigenvalue weighted by molar-refractivity contribution is 5.77. The lowest BCUT2D eigenvalue weighted by atomic mass is 10.3. The molecule has 0 aliphatic rings. The molecule has 0 bridgehead atoms. The van der Waals surface area contributed by atoms with E-state index < -0.39 is 0 Å². The van der Waals surface area contributed by atoms with Gasteiger partial charge in [0.25, 0.3) is 0 Å². The van der Waals surface area contributed by atoms with Crippen LogP contribution in [-0.2, 0) is 0 Å². The van der Waals surface area contributed by atoms with Gasteiger partial charge in [0.1, 0.15) is 0 Å². The van der Waals surface area contributed by atoms with E-state index in [-0.39, 0.29) is 0 Å². The minimum atomic E-state index is 0.734. The van der Waals surface area contributed by atoms with Crippen LogP contribution in [0.4, 0.5) is 0 Å². The summed E-state index contributed by atoms with van der Waals surface area (Å²) in [7, 11) is 0. The average molecular weight is 442 g/mol. The molecule has 0 atom stereocenters. The largest absolute Gasteiger partial charge is 0.300 e. The van der Waals surface area contributed by atoms with E-state index in [4.69, 9.17) is 0 Å². The summed E-state index contributed by atoms with van der Waals surface area (Å²) in [5.41, 5.74) is 2.67. The van der Waals surface area contributed by atoms with E-state index in [0.29, 0.717) is 0 Å². The minimum absolute atomic E-state index is 0.734. The van der Waals surface area contributed by atoms with Crippen LogP contribution in [0.1, 0.15) is 29.9 Å². The quantitative estimate of drug-likeness (QED) is 0.283. The monoisotopic (exact) mass is 441 g/mol. The van der Waals surface area contributed by atoms with E-state index in [9.17, 15) is 0 Å². The Kier molecular flexibility index (Phi) is 11.1. The van der Waals surface area contributed by atoms with Gasteiger partial charge in [-0.1, -0.05) is 18.2 Å². The molecule has 0 aromatic carbocycles. The molecule has 0 saturated heterocycles. The van der Waals surface area contributed by atoms with Gasteiger partial charge in [-0.05, 0) is 55.8 Å². The first-order valence-corrected chi connectivity index (χ1v) is 11.3. The first-order valence-electron chi connectivity index (χ1n) is 11.3. The van der Waals surface area contributed by atoms with E-state index >= 15 is 0 Å². The van der Waals surface area contributed by atoms with Crippen LogP contribution in [0.25, 0.3) is 0 Å². The van der Waals surface area contributed by atoms with Crippen molar-refractivity contribution in [2.24, 2.45) is 15.0 Å². The Morgan fingerprint density at radius 3 is 1.42 bits per heavy atom. The first-order chi connectivity index (χ1) is 16.4. The zero-order valence-electron chi connectivity index (χ0n) is 18.9. The Bertz CT molecular complexity index is 920. The first kappa shape index (κ1) is 24.1. The lowest BCUT2D eigenvalue weighted by molar-refractivity contribution is 0.284. The number of hydrogen-bond acceptors (Lipinski definition) is 7. The molecule has 3 aromatic heterocycles. The molecule has 0 saturated carbocycles. The number of aliphatic imine (C=N–C) groups is 3. The van der Waals surface area contributed by atoms with Gasteiger partial charge >= 0.3 is 0 Å². The summed E-state index contributed by atoms with van der Waals surface area (Å²) >= 11 is 0. The maximum absolute atomic E-state index is 4.54. The second-order valence-corrected chi connectivity index (χ2v) is 7.42. The molecule has 0 N–H and O–H groups in total. The van der Waals surface area contributed by atoms with Crippen LogP contribution in [-0.4, -0.2) is 77.8 Å². The Morgan fingerprint density at radius 1 is 0.545 bits per heavy atom. The molecule has 0 fully saturated rings. The number of pyridine rings is 3. The van der Waals surface area contributed by atoms with Crippen LogP contribution in [0.15, 0.2) is 88.2 Å². The van der Waals surface area contributed by atoms with Crippen molar-refractivity contribution in [2.75, 3.05) is 39.3 Å². The molecular weight excluding hydrogens is 410 g/mol. The van der Waals surface area contributed by atoms with Crippen LogP contribution in [0, 0.1) is 0 Å². The molecule has 3 aromatic rings. The minimum Gasteiger partial charge on any atom is -0.300 e. The molecule has 0 spiro atoms. The van der Waals surface area contributed by atoms with E-state index in [1.54, 1.807) is 18.6 Å². The molecule has 7 heteroatoms. The van der Waals surface area contributed by atoms with E-state index in [1.807, 2.05) is 73.2 Å². The molecule has 33 heavy (non-hydrogen) atoms. The van der Waals surface area contributed by atoms with Crippen molar-refractivity contribution in [3.05, 3.63) is 90.3 Å². The summed E-state index contributed by atoms with van der Waals surface area (Å²) in [5, 5.41) is 0. The van der Waals surface area contributed by atoms with Gasteiger partial charge in [0, 0.05) is 56.9 Å². The SMILES string of the molecule is C(=NCCCCN(CCN=Cc1ccccn1)CCN=Cc1ccccn1)c1ccccn1. The number of aromatic nitrogens is 3. The fourth-order valence-corrected chi connectivity index (χ4v) is 3.10. The number of nitrogens with zero attached hydrogens (tertiary/aromatic N) is 7. The van der Waals surface area contributed by atoms with Crippen LogP contribution in [0.2, 0.25) is 0 Å². The summed E-state index contributed by atoms with van der Waals surface area (Å²) in [6, 6.07) is 17.5. The van der Waals surface area contributed by atoms with Gasteiger partial charge in [-0.25, -0.2) is 0 Å². The summed E-state index contributed by atoms with van der Waals surface area (Å²) in [4.78, 5) is 28.8. The predicted octanol–water partition coefficient (Wildman–Crippen LogP) is 3.61. The molecule has 0 radical (unpaired) electrons. The maximum atomic E-state index is 4.54. The Hall–Kier alpha value is -3.58. The molecule has 0 unspecified atom stereocenters. The second kappa shape index (κ2) is 15.3. The van der Waals surface area contributed by atoms with Crippen molar-refractivity contribution in [1.29, 1.82) is 0 Å². The van der Waals surface area contributed by atoms with Crippen molar-refractivity contribution < 1.29 is 0 Å². The Morgan fingerprint density at radius 2 is 1.00 bits per heavy atom. The fourth-order valence-electron chi connectivity index (χ4n) is 3.10. The van der Waals surface area contributed by atoms with Crippen molar-refractivity contribution in [1.82, 2.24) is 19.9 Å². The third-order valence-electron chi connectivity index (χ3n) is 4.84. The second-order valence-electron chi connectivity index (χ2n) is 7.42. The van der Waals surface area contributed by atoms with Gasteiger partial charge in [0.2, 0.25) is 0 Å². The molecule has 0 aliphatic heterocycles. The Labute approximate surface area is 196 Å². The topological polar surface area (TPSA) is 79.0 Å². The maximum Gasteiger partial charge on any atom is 0.0807 e. The number of unbranched alkanes of at least 4 members (excludes halogenated alkanes) is 1. The van der Waals surface area contributed by atoms with Gasteiger partial charge in [0.05, 0.1) is 30.2 Å². The van der Waals surface area contributed by atoms with Crippen molar-refractivity contribution in [2.45, 2.75) is 12.8 Å². The third kappa shape index (κ3) is 10.5. The average Bonchev–Trinajstić information content (AvgIpc) is 2.88. The van der Waals surface area contributed by atoms with E-state index in [0.717, 1.165) is 69.2 Å². The smallest absolute Gasteiger partial charge is 0.0807 e. The summed E-state index contributed by atoms with van der Waals surface area (Å²) in [6.45, 7) is 5.05. The summed E-state index contributed by atoms with van der Waals surface area (Å²) < 4.78 is 0. The molecule has 170 valence electrons. The molecule has 0 aliphatic carbocycles. The highest BCUT2D eigenvalue weighted by Crippen LogP contribution is 1.99. The highest BCUT2D eigenvalue weighted by atomic mass is 15.1. The zero-order valence-corrected chi connectivity index (χ0v) is 18.9. The number of hydrogen-bond donors (Lipinski definition) is 0. The van der Waals surface area contributed by atoms with Crippen LogP contribution < -0.4 is 0 Å². The molecule has 0 amide bonds. The van der Waals surface area contributed by atoms with E-state index in [1.165, 1.54) is 0 Å². The van der Waals surface area contributed by atoms with Crippen LogP contribution in [0.5, 0.6) is 0 Å². The predicted molar refractivity (Wildman–Crippen MR) is 136 cm³/mol. The molecule has 7 nitrogen and oxygen atoms in total. The van der Waals surface area contributed by atoms with E-state index in [2.05, 4.69) is 34.8 Å². The third-order valence-corrected chi connectivity index (χ3v) is 4.84. The van der Waals surface area contributed by atoms with Crippen molar-refractivity contribution >= 4 is 18.6 Å². The highest BCUT2D eigenvalue weighted by Gasteiger charge is 2.03. The van der Waals surface area contributed by atoms with Crippen molar-refractivity contribution in [3.63, 3.8) is 0 Å².